The molecular formula is C19H24N6O2. The van der Waals surface area contributed by atoms with Crippen LogP contribution in [0.15, 0.2) is 35.7 Å². The summed E-state index contributed by atoms with van der Waals surface area (Å²) in [6.45, 7) is 2.96. The highest BCUT2D eigenvalue weighted by atomic mass is 16.1. The summed E-state index contributed by atoms with van der Waals surface area (Å²) in [5.74, 6) is -0.451. The third-order valence-electron chi connectivity index (χ3n) is 4.58. The van der Waals surface area contributed by atoms with E-state index in [1.807, 2.05) is 16.8 Å². The molecule has 3 N–H and O–H groups in total. The van der Waals surface area contributed by atoms with Crippen LogP contribution in [-0.4, -0.2) is 59.2 Å². The minimum atomic E-state index is -0.591. The van der Waals surface area contributed by atoms with Crippen LogP contribution in [0.4, 0.5) is 0 Å². The van der Waals surface area contributed by atoms with E-state index in [-0.39, 0.29) is 5.84 Å². The summed E-state index contributed by atoms with van der Waals surface area (Å²) in [6, 6.07) is 3.63. The highest BCUT2D eigenvalue weighted by molar-refractivity contribution is 6.37. The smallest absolute Gasteiger partial charge is 0.284 e. The van der Waals surface area contributed by atoms with Gasteiger partial charge in [0.2, 0.25) is 0 Å². The number of nitrogens with two attached hydrogens (primary N) is 1. The van der Waals surface area contributed by atoms with Gasteiger partial charge in [-0.05, 0) is 45.1 Å². The van der Waals surface area contributed by atoms with Gasteiger partial charge in [-0.3, -0.25) is 14.6 Å². The number of amidine groups is 1. The van der Waals surface area contributed by atoms with Crippen molar-refractivity contribution >= 4 is 34.8 Å². The van der Waals surface area contributed by atoms with E-state index in [4.69, 9.17) is 5.73 Å². The molecule has 0 saturated carbocycles. The third-order valence-corrected chi connectivity index (χ3v) is 4.58. The Bertz CT molecular complexity index is 893. The molecule has 0 unspecified atom stereocenters. The van der Waals surface area contributed by atoms with Crippen LogP contribution in [0.2, 0.25) is 0 Å². The van der Waals surface area contributed by atoms with Crippen molar-refractivity contribution in [1.82, 2.24) is 19.8 Å². The molecular weight excluding hydrogens is 344 g/mol. The second-order valence-corrected chi connectivity index (χ2v) is 6.66. The fourth-order valence-corrected chi connectivity index (χ4v) is 3.09. The Morgan fingerprint density at radius 1 is 1.30 bits per heavy atom. The van der Waals surface area contributed by atoms with E-state index in [9.17, 15) is 9.59 Å². The number of aldehydes is 1. The molecule has 0 radical (unpaired) electrons. The van der Waals surface area contributed by atoms with Gasteiger partial charge in [0.25, 0.3) is 5.91 Å². The van der Waals surface area contributed by atoms with Gasteiger partial charge >= 0.3 is 0 Å². The lowest BCUT2D eigenvalue weighted by Crippen LogP contribution is -2.36. The number of hydrogen-bond donors (Lipinski definition) is 2. The number of carbonyl (C=O) groups is 2. The number of nitrogens with one attached hydrogen (secondary N) is 1. The lowest BCUT2D eigenvalue weighted by atomic mass is 10.1. The molecule has 0 bridgehead atoms. The molecule has 2 aromatic rings. The number of fused-ring (bicyclic) bond motifs is 1. The van der Waals surface area contributed by atoms with Crippen LogP contribution >= 0.6 is 0 Å². The summed E-state index contributed by atoms with van der Waals surface area (Å²) in [5, 5.41) is 3.61. The number of amides is 1. The van der Waals surface area contributed by atoms with E-state index in [2.05, 4.69) is 27.2 Å². The zero-order chi connectivity index (χ0) is 19.2. The summed E-state index contributed by atoms with van der Waals surface area (Å²) < 4.78 is 1.85. The number of pyridine rings is 1. The van der Waals surface area contributed by atoms with Gasteiger partial charge in [-0.15, -0.1) is 0 Å². The molecule has 8 heteroatoms. The highest BCUT2D eigenvalue weighted by Gasteiger charge is 2.14. The van der Waals surface area contributed by atoms with Crippen LogP contribution in [0.3, 0.4) is 0 Å². The van der Waals surface area contributed by atoms with E-state index in [0.29, 0.717) is 12.1 Å². The topological polar surface area (TPSA) is 106 Å². The fraction of sp³-hybridized carbons (Fsp3) is 0.368. The number of primary amides is 1. The van der Waals surface area contributed by atoms with E-state index in [1.165, 1.54) is 38.5 Å². The van der Waals surface area contributed by atoms with E-state index in [1.54, 1.807) is 12.3 Å². The minimum Gasteiger partial charge on any atom is -0.363 e. The molecule has 8 nitrogen and oxygen atoms in total. The normalized spacial score (nSPS) is 17.2. The number of carbonyl (C=O) groups excluding carboxylic acids is 2. The number of hydrogen-bond acceptors (Lipinski definition) is 6. The second kappa shape index (κ2) is 8.59. The first-order valence-electron chi connectivity index (χ1n) is 8.99. The molecule has 2 aliphatic heterocycles. The molecule has 0 spiro atoms. The van der Waals surface area contributed by atoms with Crippen LogP contribution in [0.1, 0.15) is 29.6 Å². The van der Waals surface area contributed by atoms with Crippen molar-refractivity contribution in [2.24, 2.45) is 10.7 Å². The van der Waals surface area contributed by atoms with E-state index < -0.39 is 5.91 Å². The number of rotatable bonds is 3. The van der Waals surface area contributed by atoms with Gasteiger partial charge in [-0.1, -0.05) is 6.42 Å². The van der Waals surface area contributed by atoms with Crippen molar-refractivity contribution < 1.29 is 9.59 Å². The van der Waals surface area contributed by atoms with E-state index in [0.717, 1.165) is 23.0 Å². The van der Waals surface area contributed by atoms with Gasteiger partial charge in [-0.25, -0.2) is 4.98 Å². The maximum atomic E-state index is 11.0. The Balaban J connectivity index is 0.000000253. The monoisotopic (exact) mass is 368 g/mol. The molecule has 142 valence electrons. The number of piperidine rings is 1. The number of nitrogens with zero attached hydrogens (tertiary/aromatic N) is 4. The maximum absolute atomic E-state index is 11.0. The van der Waals surface area contributed by atoms with Crippen molar-refractivity contribution in [3.63, 3.8) is 0 Å². The summed E-state index contributed by atoms with van der Waals surface area (Å²) in [6.07, 6.45) is 10.1. The molecule has 4 rings (SSSR count). The van der Waals surface area contributed by atoms with Crippen LogP contribution in [0.25, 0.3) is 16.7 Å². The first kappa shape index (κ1) is 18.8. The predicted molar refractivity (Wildman–Crippen MR) is 105 cm³/mol. The maximum Gasteiger partial charge on any atom is 0.284 e. The average Bonchev–Trinajstić information content (AvgIpc) is 3.12. The SMILES string of the molecule is CN1CCCCC1.NC(=O)C1=NCC(n2ccc3cc(C=O)cnc32)=CN1. The zero-order valence-corrected chi connectivity index (χ0v) is 15.4. The van der Waals surface area contributed by atoms with Crippen LogP contribution in [0.5, 0.6) is 0 Å². The Labute approximate surface area is 157 Å². The van der Waals surface area contributed by atoms with Crippen molar-refractivity contribution in [2.75, 3.05) is 26.7 Å². The first-order valence-corrected chi connectivity index (χ1v) is 8.99. The third kappa shape index (κ3) is 4.59. The zero-order valence-electron chi connectivity index (χ0n) is 15.4. The molecule has 0 aliphatic carbocycles. The second-order valence-electron chi connectivity index (χ2n) is 6.66. The van der Waals surface area contributed by atoms with Crippen molar-refractivity contribution in [3.05, 3.63) is 36.3 Å². The van der Waals surface area contributed by atoms with Crippen molar-refractivity contribution in [2.45, 2.75) is 19.3 Å². The van der Waals surface area contributed by atoms with Crippen LogP contribution in [0, 0.1) is 0 Å². The Morgan fingerprint density at radius 3 is 2.63 bits per heavy atom. The Morgan fingerprint density at radius 2 is 2.07 bits per heavy atom. The average molecular weight is 368 g/mol. The Hall–Kier alpha value is -3.00. The molecule has 27 heavy (non-hydrogen) atoms. The van der Waals surface area contributed by atoms with Gasteiger partial charge in [0.1, 0.15) is 5.65 Å². The molecule has 0 aromatic carbocycles. The van der Waals surface area contributed by atoms with Gasteiger partial charge < -0.3 is 20.5 Å². The number of aromatic nitrogens is 2. The van der Waals surface area contributed by atoms with Crippen LogP contribution < -0.4 is 11.1 Å². The quantitative estimate of drug-likeness (QED) is 0.793. The molecule has 0 atom stereocenters. The fourth-order valence-electron chi connectivity index (χ4n) is 3.09. The Kier molecular flexibility index (Phi) is 5.97. The van der Waals surface area contributed by atoms with Crippen LogP contribution in [-0.2, 0) is 4.79 Å². The van der Waals surface area contributed by atoms with Gasteiger partial charge in [0.15, 0.2) is 12.1 Å². The highest BCUT2D eigenvalue weighted by Crippen LogP contribution is 2.19. The van der Waals surface area contributed by atoms with Crippen molar-refractivity contribution in [1.29, 1.82) is 0 Å². The van der Waals surface area contributed by atoms with Crippen molar-refractivity contribution in [3.8, 4) is 0 Å². The summed E-state index contributed by atoms with van der Waals surface area (Å²) in [4.78, 5) is 32.4. The largest absolute Gasteiger partial charge is 0.363 e. The lowest BCUT2D eigenvalue weighted by Gasteiger charge is -2.20. The van der Waals surface area contributed by atoms with Gasteiger partial charge in [0, 0.05) is 29.5 Å². The lowest BCUT2D eigenvalue weighted by molar-refractivity contribution is -0.112. The minimum absolute atomic E-state index is 0.140. The molecule has 4 heterocycles. The summed E-state index contributed by atoms with van der Waals surface area (Å²) in [7, 11) is 2.19. The molecule has 2 aliphatic rings. The summed E-state index contributed by atoms with van der Waals surface area (Å²) >= 11 is 0. The molecule has 1 saturated heterocycles. The summed E-state index contributed by atoms with van der Waals surface area (Å²) in [5.41, 5.74) is 7.22. The molecule has 1 fully saturated rings. The van der Waals surface area contributed by atoms with Gasteiger partial charge in [0.05, 0.1) is 12.2 Å². The van der Waals surface area contributed by atoms with Gasteiger partial charge in [-0.2, -0.15) is 0 Å². The number of likely N-dealkylation sites (tertiary alicyclic amines) is 1. The van der Waals surface area contributed by atoms with E-state index >= 15 is 0 Å². The standard InChI is InChI=1S/C13H11N5O2.C6H13N/c14-11(20)12-15-5-10(6-16-12)18-2-1-9-3-8(7-19)4-17-13(9)18;1-7-5-3-2-4-6-7/h1-5,7H,6H2,(H2,14,20)(H,15,16);2-6H2,1H3. The number of aliphatic imine (C=N–C) groups is 1. The molecule has 1 amide bonds. The first-order chi connectivity index (χ1) is 13.1. The predicted octanol–water partition coefficient (Wildman–Crippen LogP) is 1.24. The molecule has 2 aromatic heterocycles.